The van der Waals surface area contributed by atoms with Crippen LogP contribution in [-0.2, 0) is 0 Å². The van der Waals surface area contributed by atoms with Crippen LogP contribution < -0.4 is 10.2 Å². The highest BCUT2D eigenvalue weighted by Gasteiger charge is 2.12. The number of aromatic amines is 1. The smallest absolute Gasteiger partial charge is 0.371 e. The standard InChI is InChI=1S/C19H18Cl2N4O3/c20-7-9-25(10-8-21)14-4-1-12(2-5-14)18(26)22-13-3-6-15-16(11-13)24-17(23-15)19(27)28/h1-6,11H,7-10H2,(H,22,26)(H,23,24)(H,27,28). The van der Waals surface area contributed by atoms with E-state index in [0.29, 0.717) is 47.1 Å². The molecule has 7 nitrogen and oxygen atoms in total. The van der Waals surface area contributed by atoms with Crippen molar-refractivity contribution in [3.63, 3.8) is 0 Å². The van der Waals surface area contributed by atoms with Gasteiger partial charge in [-0.15, -0.1) is 23.2 Å². The molecule has 0 saturated heterocycles. The minimum atomic E-state index is -1.14. The second kappa shape index (κ2) is 8.95. The van der Waals surface area contributed by atoms with Gasteiger partial charge in [0, 0.05) is 41.8 Å². The molecule has 1 heterocycles. The Morgan fingerprint density at radius 1 is 1.07 bits per heavy atom. The Balaban J connectivity index is 1.73. The number of aromatic nitrogens is 2. The number of nitrogens with one attached hydrogen (secondary N) is 2. The van der Waals surface area contributed by atoms with Gasteiger partial charge in [0.05, 0.1) is 11.0 Å². The van der Waals surface area contributed by atoms with Crippen LogP contribution in [0.5, 0.6) is 0 Å². The van der Waals surface area contributed by atoms with E-state index in [2.05, 4.69) is 15.3 Å². The van der Waals surface area contributed by atoms with Gasteiger partial charge in [-0.05, 0) is 42.5 Å². The van der Waals surface area contributed by atoms with Gasteiger partial charge in [-0.25, -0.2) is 9.78 Å². The molecule has 0 fully saturated rings. The molecular weight excluding hydrogens is 403 g/mol. The summed E-state index contributed by atoms with van der Waals surface area (Å²) in [5.41, 5.74) is 3.00. The molecule has 0 aliphatic heterocycles. The summed E-state index contributed by atoms with van der Waals surface area (Å²) < 4.78 is 0. The molecule has 0 radical (unpaired) electrons. The van der Waals surface area contributed by atoms with Crippen molar-refractivity contribution < 1.29 is 14.7 Å². The Morgan fingerprint density at radius 3 is 2.36 bits per heavy atom. The van der Waals surface area contributed by atoms with E-state index in [1.54, 1.807) is 30.3 Å². The fourth-order valence-corrected chi connectivity index (χ4v) is 3.19. The quantitative estimate of drug-likeness (QED) is 0.481. The number of carbonyl (C=O) groups is 2. The van der Waals surface area contributed by atoms with Gasteiger partial charge in [0.25, 0.3) is 5.91 Å². The van der Waals surface area contributed by atoms with Gasteiger partial charge in [-0.3, -0.25) is 4.79 Å². The highest BCUT2D eigenvalue weighted by Crippen LogP contribution is 2.20. The molecular formula is C19H18Cl2N4O3. The molecule has 0 atom stereocenters. The van der Waals surface area contributed by atoms with E-state index >= 15 is 0 Å². The van der Waals surface area contributed by atoms with E-state index in [1.165, 1.54) is 0 Å². The van der Waals surface area contributed by atoms with Crippen molar-refractivity contribution in [2.45, 2.75) is 0 Å². The average molecular weight is 421 g/mol. The number of imidazole rings is 1. The van der Waals surface area contributed by atoms with Gasteiger partial charge >= 0.3 is 5.97 Å². The lowest BCUT2D eigenvalue weighted by atomic mass is 10.1. The van der Waals surface area contributed by atoms with Crippen molar-refractivity contribution in [3.05, 3.63) is 53.9 Å². The SMILES string of the molecule is O=C(Nc1ccc2[nH]c(C(=O)O)nc2c1)c1ccc(N(CCCl)CCCl)cc1. The maximum Gasteiger partial charge on any atom is 0.371 e. The number of H-pyrrole nitrogens is 1. The third-order valence-corrected chi connectivity index (χ3v) is 4.49. The van der Waals surface area contributed by atoms with Crippen LogP contribution in [0.1, 0.15) is 21.0 Å². The van der Waals surface area contributed by atoms with E-state index in [1.807, 2.05) is 17.0 Å². The molecule has 1 aromatic heterocycles. The maximum atomic E-state index is 12.5. The van der Waals surface area contributed by atoms with E-state index in [0.717, 1.165) is 5.69 Å². The first kappa shape index (κ1) is 20.0. The Labute approximate surface area is 171 Å². The number of anilines is 2. The molecule has 0 bridgehead atoms. The van der Waals surface area contributed by atoms with Crippen LogP contribution >= 0.6 is 23.2 Å². The van der Waals surface area contributed by atoms with E-state index in [4.69, 9.17) is 28.3 Å². The number of aromatic carboxylic acids is 1. The summed E-state index contributed by atoms with van der Waals surface area (Å²) in [6.45, 7) is 1.34. The Bertz CT molecular complexity index is 983. The molecule has 3 N–H and O–H groups in total. The molecule has 0 aliphatic rings. The van der Waals surface area contributed by atoms with Crippen LogP contribution in [0.15, 0.2) is 42.5 Å². The van der Waals surface area contributed by atoms with Gasteiger partial charge in [0.2, 0.25) is 5.82 Å². The minimum absolute atomic E-state index is 0.146. The second-order valence-corrected chi connectivity index (χ2v) is 6.74. The second-order valence-electron chi connectivity index (χ2n) is 5.99. The molecule has 3 aromatic rings. The van der Waals surface area contributed by atoms with Crippen LogP contribution in [0.4, 0.5) is 11.4 Å². The van der Waals surface area contributed by atoms with Crippen LogP contribution in [0, 0.1) is 0 Å². The molecule has 2 aromatic carbocycles. The molecule has 28 heavy (non-hydrogen) atoms. The van der Waals surface area contributed by atoms with Crippen molar-refractivity contribution in [1.82, 2.24) is 9.97 Å². The number of hydrogen-bond acceptors (Lipinski definition) is 4. The van der Waals surface area contributed by atoms with E-state index < -0.39 is 5.97 Å². The van der Waals surface area contributed by atoms with Crippen molar-refractivity contribution in [2.24, 2.45) is 0 Å². The minimum Gasteiger partial charge on any atom is -0.475 e. The van der Waals surface area contributed by atoms with Gasteiger partial charge in [0.1, 0.15) is 0 Å². The van der Waals surface area contributed by atoms with Gasteiger partial charge in [-0.1, -0.05) is 0 Å². The number of rotatable bonds is 8. The molecule has 0 aliphatic carbocycles. The average Bonchev–Trinajstić information content (AvgIpc) is 3.12. The van der Waals surface area contributed by atoms with Crippen LogP contribution in [0.2, 0.25) is 0 Å². The summed E-state index contributed by atoms with van der Waals surface area (Å²) >= 11 is 11.7. The number of amides is 1. The zero-order valence-electron chi connectivity index (χ0n) is 14.8. The number of fused-ring (bicyclic) bond motifs is 1. The number of nitrogens with zero attached hydrogens (tertiary/aromatic N) is 2. The van der Waals surface area contributed by atoms with Crippen LogP contribution in [-0.4, -0.2) is 51.8 Å². The van der Waals surface area contributed by atoms with Crippen LogP contribution in [0.25, 0.3) is 11.0 Å². The first-order valence-electron chi connectivity index (χ1n) is 8.53. The number of carboxylic acids is 1. The molecule has 3 rings (SSSR count). The summed E-state index contributed by atoms with van der Waals surface area (Å²) in [4.78, 5) is 32.2. The predicted octanol–water partition coefficient (Wildman–Crippen LogP) is 3.80. The summed E-state index contributed by atoms with van der Waals surface area (Å²) in [6.07, 6.45) is 0. The highest BCUT2D eigenvalue weighted by atomic mass is 35.5. The lowest BCUT2D eigenvalue weighted by Gasteiger charge is -2.22. The number of hydrogen-bond donors (Lipinski definition) is 3. The van der Waals surface area contributed by atoms with Crippen molar-refractivity contribution in [3.8, 4) is 0 Å². The number of carbonyl (C=O) groups excluding carboxylic acids is 1. The Hall–Kier alpha value is -2.77. The molecule has 0 unspecified atom stereocenters. The maximum absolute atomic E-state index is 12.5. The van der Waals surface area contributed by atoms with Gasteiger partial charge in [0.15, 0.2) is 0 Å². The normalized spacial score (nSPS) is 10.8. The summed E-state index contributed by atoms with van der Waals surface area (Å²) in [7, 11) is 0. The summed E-state index contributed by atoms with van der Waals surface area (Å²) in [5, 5.41) is 11.8. The molecule has 0 spiro atoms. The largest absolute Gasteiger partial charge is 0.475 e. The third kappa shape index (κ3) is 4.55. The molecule has 0 saturated carbocycles. The van der Waals surface area contributed by atoms with E-state index in [9.17, 15) is 9.59 Å². The monoisotopic (exact) mass is 420 g/mol. The fourth-order valence-electron chi connectivity index (χ4n) is 2.79. The van der Waals surface area contributed by atoms with Crippen LogP contribution in [0.3, 0.4) is 0 Å². The van der Waals surface area contributed by atoms with Crippen molar-refractivity contribution in [1.29, 1.82) is 0 Å². The number of halogens is 2. The Kier molecular flexibility index (Phi) is 6.38. The predicted molar refractivity (Wildman–Crippen MR) is 111 cm³/mol. The lowest BCUT2D eigenvalue weighted by Crippen LogP contribution is -2.27. The first-order chi connectivity index (χ1) is 13.5. The first-order valence-corrected chi connectivity index (χ1v) is 9.60. The molecule has 9 heteroatoms. The van der Waals surface area contributed by atoms with Crippen molar-refractivity contribution in [2.75, 3.05) is 35.1 Å². The topological polar surface area (TPSA) is 98.3 Å². The fraction of sp³-hybridized carbons (Fsp3) is 0.211. The van der Waals surface area contributed by atoms with Crippen molar-refractivity contribution >= 4 is 57.5 Å². The molecule has 1 amide bonds. The number of benzene rings is 2. The highest BCUT2D eigenvalue weighted by molar-refractivity contribution is 6.18. The van der Waals surface area contributed by atoms with E-state index in [-0.39, 0.29) is 11.7 Å². The Morgan fingerprint density at radius 2 is 1.75 bits per heavy atom. The zero-order valence-corrected chi connectivity index (χ0v) is 16.3. The number of alkyl halides is 2. The lowest BCUT2D eigenvalue weighted by molar-refractivity contribution is 0.0685. The van der Waals surface area contributed by atoms with Gasteiger partial charge < -0.3 is 20.3 Å². The number of carboxylic acid groups (broad SMARTS) is 1. The zero-order chi connectivity index (χ0) is 20.1. The molecule has 146 valence electrons. The summed E-state index contributed by atoms with van der Waals surface area (Å²) in [5.74, 6) is -0.593. The van der Waals surface area contributed by atoms with Gasteiger partial charge in [-0.2, -0.15) is 0 Å². The summed E-state index contributed by atoms with van der Waals surface area (Å²) in [6, 6.07) is 12.1. The third-order valence-electron chi connectivity index (χ3n) is 4.15.